The van der Waals surface area contributed by atoms with Crippen molar-refractivity contribution in [1.29, 1.82) is 0 Å². The quantitative estimate of drug-likeness (QED) is 0.718. The van der Waals surface area contributed by atoms with E-state index in [0.29, 0.717) is 12.3 Å². The molecule has 0 aliphatic rings. The van der Waals surface area contributed by atoms with Crippen molar-refractivity contribution >= 4 is 0 Å². The maximum atomic E-state index is 9.27. The predicted molar refractivity (Wildman–Crippen MR) is 89.4 cm³/mol. The SMILES string of the molecule is CCc1nccn1C(CN)c1cc(C#Cc2ccc(O)cc2)on1. The van der Waals surface area contributed by atoms with E-state index in [1.807, 2.05) is 17.7 Å². The first-order chi connectivity index (χ1) is 11.7. The maximum absolute atomic E-state index is 9.27. The van der Waals surface area contributed by atoms with E-state index in [-0.39, 0.29) is 11.8 Å². The number of nitrogens with zero attached hydrogens (tertiary/aromatic N) is 3. The van der Waals surface area contributed by atoms with E-state index in [1.165, 1.54) is 0 Å². The van der Waals surface area contributed by atoms with Crippen LogP contribution in [0.25, 0.3) is 0 Å². The van der Waals surface area contributed by atoms with Crippen molar-refractivity contribution < 1.29 is 9.63 Å². The molecule has 122 valence electrons. The molecule has 24 heavy (non-hydrogen) atoms. The second-order valence-electron chi connectivity index (χ2n) is 5.27. The van der Waals surface area contributed by atoms with Gasteiger partial charge in [0.2, 0.25) is 5.76 Å². The summed E-state index contributed by atoms with van der Waals surface area (Å²) >= 11 is 0. The molecule has 2 heterocycles. The number of phenolic OH excluding ortho intramolecular Hbond substituents is 1. The van der Waals surface area contributed by atoms with Crippen LogP contribution in [0.3, 0.4) is 0 Å². The zero-order valence-electron chi connectivity index (χ0n) is 13.3. The molecule has 0 saturated heterocycles. The van der Waals surface area contributed by atoms with Crippen LogP contribution in [0.4, 0.5) is 0 Å². The van der Waals surface area contributed by atoms with Crippen molar-refractivity contribution in [2.75, 3.05) is 6.54 Å². The van der Waals surface area contributed by atoms with E-state index >= 15 is 0 Å². The summed E-state index contributed by atoms with van der Waals surface area (Å²) < 4.78 is 7.31. The number of aryl methyl sites for hydroxylation is 1. The molecule has 0 amide bonds. The fourth-order valence-electron chi connectivity index (χ4n) is 2.46. The van der Waals surface area contributed by atoms with Crippen LogP contribution in [0.15, 0.2) is 47.2 Å². The average Bonchev–Trinajstić information content (AvgIpc) is 3.25. The summed E-state index contributed by atoms with van der Waals surface area (Å²) in [5.74, 6) is 7.52. The lowest BCUT2D eigenvalue weighted by Crippen LogP contribution is -2.22. The summed E-state index contributed by atoms with van der Waals surface area (Å²) in [6.45, 7) is 2.44. The summed E-state index contributed by atoms with van der Waals surface area (Å²) in [6, 6.07) is 8.32. The number of hydrogen-bond donors (Lipinski definition) is 2. The minimum Gasteiger partial charge on any atom is -0.508 e. The molecule has 0 aliphatic heterocycles. The van der Waals surface area contributed by atoms with Crippen molar-refractivity contribution in [3.63, 3.8) is 0 Å². The normalized spacial score (nSPS) is 11.8. The van der Waals surface area contributed by atoms with Gasteiger partial charge in [0.15, 0.2) is 0 Å². The second kappa shape index (κ2) is 7.02. The van der Waals surface area contributed by atoms with Gasteiger partial charge in [0, 0.05) is 37.0 Å². The third-order valence-corrected chi connectivity index (χ3v) is 3.69. The van der Waals surface area contributed by atoms with Crippen LogP contribution in [0.5, 0.6) is 5.75 Å². The number of rotatable bonds is 4. The Morgan fingerprint density at radius 1 is 1.29 bits per heavy atom. The fourth-order valence-corrected chi connectivity index (χ4v) is 2.46. The number of nitrogens with two attached hydrogens (primary N) is 1. The van der Waals surface area contributed by atoms with Crippen molar-refractivity contribution in [1.82, 2.24) is 14.7 Å². The predicted octanol–water partition coefficient (Wildman–Crippen LogP) is 2.09. The summed E-state index contributed by atoms with van der Waals surface area (Å²) in [4.78, 5) is 4.32. The Morgan fingerprint density at radius 3 is 2.79 bits per heavy atom. The van der Waals surface area contributed by atoms with Crippen molar-refractivity contribution in [3.8, 4) is 17.6 Å². The lowest BCUT2D eigenvalue weighted by Gasteiger charge is -2.15. The first kappa shape index (κ1) is 15.8. The van der Waals surface area contributed by atoms with Gasteiger partial charge in [-0.1, -0.05) is 18.0 Å². The fraction of sp³-hybridized carbons (Fsp3) is 0.222. The van der Waals surface area contributed by atoms with Gasteiger partial charge in [0.1, 0.15) is 17.3 Å². The van der Waals surface area contributed by atoms with E-state index in [4.69, 9.17) is 10.3 Å². The highest BCUT2D eigenvalue weighted by Crippen LogP contribution is 2.19. The molecule has 0 radical (unpaired) electrons. The van der Waals surface area contributed by atoms with Gasteiger partial charge in [-0.05, 0) is 30.2 Å². The number of aromatic nitrogens is 3. The second-order valence-corrected chi connectivity index (χ2v) is 5.27. The molecule has 0 saturated carbocycles. The molecule has 3 aromatic rings. The van der Waals surface area contributed by atoms with Crippen LogP contribution in [-0.4, -0.2) is 26.4 Å². The molecule has 0 spiro atoms. The molecule has 2 aromatic heterocycles. The molecule has 0 bridgehead atoms. The Morgan fingerprint density at radius 2 is 2.08 bits per heavy atom. The number of hydrogen-bond acceptors (Lipinski definition) is 5. The van der Waals surface area contributed by atoms with Gasteiger partial charge in [-0.15, -0.1) is 0 Å². The summed E-state index contributed by atoms with van der Waals surface area (Å²) in [5.41, 5.74) is 7.42. The molecule has 1 aromatic carbocycles. The van der Waals surface area contributed by atoms with Gasteiger partial charge < -0.3 is 19.9 Å². The molecule has 3 rings (SSSR count). The molecule has 6 heteroatoms. The Bertz CT molecular complexity index is 868. The summed E-state index contributed by atoms with van der Waals surface area (Å²) in [6.07, 6.45) is 4.47. The number of aromatic hydroxyl groups is 1. The van der Waals surface area contributed by atoms with Gasteiger partial charge in [0.05, 0.1) is 6.04 Å². The van der Waals surface area contributed by atoms with Crippen LogP contribution in [0.2, 0.25) is 0 Å². The third-order valence-electron chi connectivity index (χ3n) is 3.69. The number of benzene rings is 1. The molecule has 1 unspecified atom stereocenters. The van der Waals surface area contributed by atoms with Crippen LogP contribution >= 0.6 is 0 Å². The highest BCUT2D eigenvalue weighted by molar-refractivity contribution is 5.41. The van der Waals surface area contributed by atoms with E-state index in [2.05, 4.69) is 22.0 Å². The van der Waals surface area contributed by atoms with Crippen LogP contribution < -0.4 is 5.73 Å². The van der Waals surface area contributed by atoms with E-state index < -0.39 is 0 Å². The zero-order chi connectivity index (χ0) is 16.9. The molecule has 0 fully saturated rings. The van der Waals surface area contributed by atoms with Crippen LogP contribution in [-0.2, 0) is 6.42 Å². The third kappa shape index (κ3) is 3.31. The van der Waals surface area contributed by atoms with Crippen molar-refractivity contribution in [2.45, 2.75) is 19.4 Å². The Balaban J connectivity index is 1.83. The number of imidazole rings is 1. The highest BCUT2D eigenvalue weighted by Gasteiger charge is 2.18. The van der Waals surface area contributed by atoms with Gasteiger partial charge in [0.25, 0.3) is 0 Å². The molecular formula is C18H18N4O2. The van der Waals surface area contributed by atoms with Gasteiger partial charge in [-0.25, -0.2) is 4.98 Å². The number of phenols is 1. The Kier molecular flexibility index (Phi) is 4.64. The van der Waals surface area contributed by atoms with Crippen molar-refractivity contribution in [3.05, 3.63) is 65.6 Å². The topological polar surface area (TPSA) is 90.1 Å². The summed E-state index contributed by atoms with van der Waals surface area (Å²) in [7, 11) is 0. The molecule has 1 atom stereocenters. The molecular weight excluding hydrogens is 304 g/mol. The first-order valence-corrected chi connectivity index (χ1v) is 7.70. The Hall–Kier alpha value is -3.04. The first-order valence-electron chi connectivity index (χ1n) is 7.70. The smallest absolute Gasteiger partial charge is 0.210 e. The highest BCUT2D eigenvalue weighted by atomic mass is 16.5. The van der Waals surface area contributed by atoms with Crippen LogP contribution in [0.1, 0.15) is 35.8 Å². The van der Waals surface area contributed by atoms with E-state index in [0.717, 1.165) is 23.5 Å². The van der Waals surface area contributed by atoms with Crippen molar-refractivity contribution in [2.24, 2.45) is 5.73 Å². The molecule has 6 nitrogen and oxygen atoms in total. The standard InChI is InChI=1S/C18H18N4O2/c1-2-18-20-9-10-22(18)17(12-19)16-11-15(24-21-16)8-5-13-3-6-14(23)7-4-13/h3-4,6-7,9-11,17,23H,2,12,19H2,1H3. The van der Waals surface area contributed by atoms with Gasteiger partial charge in [-0.2, -0.15) is 0 Å². The largest absolute Gasteiger partial charge is 0.508 e. The molecule has 0 aliphatic carbocycles. The minimum atomic E-state index is -0.129. The minimum absolute atomic E-state index is 0.129. The van der Waals surface area contributed by atoms with Gasteiger partial charge in [-0.3, -0.25) is 0 Å². The van der Waals surface area contributed by atoms with E-state index in [9.17, 15) is 5.11 Å². The monoisotopic (exact) mass is 322 g/mol. The lowest BCUT2D eigenvalue weighted by molar-refractivity contribution is 0.390. The van der Waals surface area contributed by atoms with Crippen LogP contribution in [0, 0.1) is 11.8 Å². The van der Waals surface area contributed by atoms with E-state index in [1.54, 1.807) is 36.5 Å². The lowest BCUT2D eigenvalue weighted by atomic mass is 10.2. The maximum Gasteiger partial charge on any atom is 0.210 e. The average molecular weight is 322 g/mol. The van der Waals surface area contributed by atoms with Gasteiger partial charge >= 0.3 is 0 Å². The Labute approximate surface area is 139 Å². The zero-order valence-corrected chi connectivity index (χ0v) is 13.3. The summed E-state index contributed by atoms with van der Waals surface area (Å²) in [5, 5.41) is 13.4. The molecule has 3 N–H and O–H groups in total.